The predicted octanol–water partition coefficient (Wildman–Crippen LogP) is 6.64. The van der Waals surface area contributed by atoms with E-state index in [9.17, 15) is 9.59 Å². The normalized spacial score (nSPS) is 14.1. The molecule has 1 fully saturated rings. The number of rotatable bonds is 9. The Labute approximate surface area is 234 Å². The highest BCUT2D eigenvalue weighted by Gasteiger charge is 2.35. The second-order valence-corrected chi connectivity index (χ2v) is 10.4. The third kappa shape index (κ3) is 6.39. The number of hydrogen-bond donors (Lipinski definition) is 0. The number of nitriles is 1. The molecule has 4 rings (SSSR count). The van der Waals surface area contributed by atoms with E-state index in [0.29, 0.717) is 32.0 Å². The maximum atomic E-state index is 13.0. The number of ether oxygens (including phenoxy) is 3. The van der Waals surface area contributed by atoms with Crippen molar-refractivity contribution < 1.29 is 23.8 Å². The Hall–Kier alpha value is -3.74. The molecular weight excluding hydrogens is 568 g/mol. The Bertz CT molecular complexity index is 1450. The minimum absolute atomic E-state index is 0.157. The summed E-state index contributed by atoms with van der Waals surface area (Å²) in [6, 6.07) is 18.7. The van der Waals surface area contributed by atoms with E-state index in [4.69, 9.17) is 19.5 Å². The number of benzene rings is 3. The smallest absolute Gasteiger partial charge is 0.293 e. The molecule has 0 bridgehead atoms. The maximum Gasteiger partial charge on any atom is 0.293 e. The highest BCUT2D eigenvalue weighted by atomic mass is 79.9. The first-order valence-electron chi connectivity index (χ1n) is 11.7. The largest absolute Gasteiger partial charge is 0.493 e. The molecular formula is C29H25BrN2O5S. The summed E-state index contributed by atoms with van der Waals surface area (Å²) in [6.45, 7) is 4.58. The van der Waals surface area contributed by atoms with Gasteiger partial charge < -0.3 is 14.2 Å². The Morgan fingerprint density at radius 1 is 1.03 bits per heavy atom. The van der Waals surface area contributed by atoms with Crippen LogP contribution in [0.5, 0.6) is 17.2 Å². The van der Waals surface area contributed by atoms with Crippen LogP contribution < -0.4 is 14.2 Å². The molecule has 3 aromatic rings. The van der Waals surface area contributed by atoms with E-state index in [1.165, 1.54) is 12.0 Å². The quantitative estimate of drug-likeness (QED) is 0.257. The molecule has 1 aliphatic rings. The summed E-state index contributed by atoms with van der Waals surface area (Å²) in [4.78, 5) is 27.0. The van der Waals surface area contributed by atoms with Crippen molar-refractivity contribution in [2.75, 3.05) is 20.3 Å². The van der Waals surface area contributed by atoms with E-state index in [-0.39, 0.29) is 30.9 Å². The highest BCUT2D eigenvalue weighted by molar-refractivity contribution is 9.10. The fraction of sp³-hybridized carbons (Fsp3) is 0.207. The summed E-state index contributed by atoms with van der Waals surface area (Å²) in [5.74, 6) is 1.36. The van der Waals surface area contributed by atoms with Gasteiger partial charge in [0.05, 0.1) is 34.7 Å². The number of hydrogen-bond acceptors (Lipinski definition) is 7. The maximum absolute atomic E-state index is 13.0. The summed E-state index contributed by atoms with van der Waals surface area (Å²) in [6.07, 6.45) is 1.66. The first-order valence-corrected chi connectivity index (χ1v) is 13.3. The second-order valence-electron chi connectivity index (χ2n) is 8.58. The van der Waals surface area contributed by atoms with Crippen molar-refractivity contribution in [1.82, 2.24) is 4.90 Å². The van der Waals surface area contributed by atoms with Crippen LogP contribution in [0.2, 0.25) is 0 Å². The molecule has 0 N–H and O–H groups in total. The Kier molecular flexibility index (Phi) is 8.77. The van der Waals surface area contributed by atoms with Gasteiger partial charge >= 0.3 is 0 Å². The molecule has 1 heterocycles. The molecule has 0 atom stereocenters. The zero-order chi connectivity index (χ0) is 27.2. The third-order valence-corrected chi connectivity index (χ3v) is 7.30. The van der Waals surface area contributed by atoms with Gasteiger partial charge in [-0.05, 0) is 100 Å². The number of thioether (sulfide) groups is 1. The average molecular weight is 593 g/mol. The van der Waals surface area contributed by atoms with Gasteiger partial charge in [0.25, 0.3) is 11.1 Å². The molecule has 3 aromatic carbocycles. The van der Waals surface area contributed by atoms with Crippen LogP contribution in [-0.2, 0) is 11.4 Å². The number of aryl methyl sites for hydroxylation is 2. The second kappa shape index (κ2) is 12.2. The molecule has 1 saturated heterocycles. The van der Waals surface area contributed by atoms with Crippen LogP contribution in [0.25, 0.3) is 6.08 Å². The predicted molar refractivity (Wildman–Crippen MR) is 150 cm³/mol. The van der Waals surface area contributed by atoms with Crippen molar-refractivity contribution in [1.29, 1.82) is 5.26 Å². The SMILES string of the molecule is COc1cc(/C=C2\SC(=O)N(CCOc3cc(C)ccc3C)C2=O)cc(Br)c1OCc1ccc(C#N)cc1. The van der Waals surface area contributed by atoms with Crippen LogP contribution in [0.3, 0.4) is 0 Å². The van der Waals surface area contributed by atoms with Gasteiger partial charge in [-0.3, -0.25) is 14.5 Å². The number of halogens is 1. The van der Waals surface area contributed by atoms with E-state index in [2.05, 4.69) is 22.0 Å². The molecule has 0 aromatic heterocycles. The number of amides is 2. The summed E-state index contributed by atoms with van der Waals surface area (Å²) >= 11 is 4.42. The number of nitrogens with zero attached hydrogens (tertiary/aromatic N) is 2. The van der Waals surface area contributed by atoms with Crippen LogP contribution >= 0.6 is 27.7 Å². The van der Waals surface area contributed by atoms with Crippen molar-refractivity contribution >= 4 is 44.9 Å². The minimum Gasteiger partial charge on any atom is -0.493 e. The lowest BCUT2D eigenvalue weighted by Crippen LogP contribution is -2.32. The third-order valence-electron chi connectivity index (χ3n) is 5.81. The average Bonchev–Trinajstić information content (AvgIpc) is 3.17. The minimum atomic E-state index is -0.360. The van der Waals surface area contributed by atoms with Gasteiger partial charge in [0, 0.05) is 0 Å². The topological polar surface area (TPSA) is 88.9 Å². The van der Waals surface area contributed by atoms with Gasteiger partial charge in [-0.15, -0.1) is 0 Å². The molecule has 9 heteroatoms. The Morgan fingerprint density at radius 2 is 1.79 bits per heavy atom. The first-order chi connectivity index (χ1) is 18.3. The number of methoxy groups -OCH3 is 1. The fourth-order valence-electron chi connectivity index (χ4n) is 3.75. The van der Waals surface area contributed by atoms with E-state index in [1.54, 1.807) is 30.3 Å². The van der Waals surface area contributed by atoms with Gasteiger partial charge in [0.1, 0.15) is 19.0 Å². The van der Waals surface area contributed by atoms with Crippen molar-refractivity contribution in [2.45, 2.75) is 20.5 Å². The lowest BCUT2D eigenvalue weighted by Gasteiger charge is -2.15. The number of carbonyl (C=O) groups excluding carboxylic acids is 2. The van der Waals surface area contributed by atoms with Crippen molar-refractivity contribution in [3.63, 3.8) is 0 Å². The number of carbonyl (C=O) groups is 2. The molecule has 0 aliphatic carbocycles. The van der Waals surface area contributed by atoms with E-state index < -0.39 is 0 Å². The van der Waals surface area contributed by atoms with Gasteiger partial charge in [0.2, 0.25) is 0 Å². The van der Waals surface area contributed by atoms with E-state index in [0.717, 1.165) is 34.2 Å². The summed E-state index contributed by atoms with van der Waals surface area (Å²) < 4.78 is 18.0. The van der Waals surface area contributed by atoms with Gasteiger partial charge in [-0.1, -0.05) is 24.3 Å². The van der Waals surface area contributed by atoms with Crippen molar-refractivity contribution in [2.24, 2.45) is 0 Å². The van der Waals surface area contributed by atoms with Crippen molar-refractivity contribution in [3.8, 4) is 23.3 Å². The molecule has 0 spiro atoms. The van der Waals surface area contributed by atoms with E-state index in [1.807, 2.05) is 44.2 Å². The summed E-state index contributed by atoms with van der Waals surface area (Å²) in [5, 5.41) is 8.62. The zero-order valence-electron chi connectivity index (χ0n) is 21.1. The lowest BCUT2D eigenvalue weighted by molar-refractivity contribution is -0.123. The fourth-order valence-corrected chi connectivity index (χ4v) is 5.19. The molecule has 7 nitrogen and oxygen atoms in total. The summed E-state index contributed by atoms with van der Waals surface area (Å²) in [7, 11) is 1.53. The lowest BCUT2D eigenvalue weighted by atomic mass is 10.1. The molecule has 0 saturated carbocycles. The van der Waals surface area contributed by atoms with Crippen LogP contribution in [0, 0.1) is 25.2 Å². The Morgan fingerprint density at radius 3 is 2.50 bits per heavy atom. The van der Waals surface area contributed by atoms with Gasteiger partial charge in [0.15, 0.2) is 11.5 Å². The highest BCUT2D eigenvalue weighted by Crippen LogP contribution is 2.39. The first kappa shape index (κ1) is 27.3. The molecule has 1 aliphatic heterocycles. The Balaban J connectivity index is 1.43. The summed E-state index contributed by atoms with van der Waals surface area (Å²) in [5.41, 5.74) is 4.23. The van der Waals surface area contributed by atoms with Crippen LogP contribution in [0.1, 0.15) is 27.8 Å². The molecule has 194 valence electrons. The molecule has 0 unspecified atom stereocenters. The van der Waals surface area contributed by atoms with Crippen molar-refractivity contribution in [3.05, 3.63) is 91.8 Å². The molecule has 2 amide bonds. The zero-order valence-corrected chi connectivity index (χ0v) is 23.5. The molecule has 0 radical (unpaired) electrons. The van der Waals surface area contributed by atoms with E-state index >= 15 is 0 Å². The van der Waals surface area contributed by atoms with Gasteiger partial charge in [-0.25, -0.2) is 0 Å². The standard InChI is InChI=1S/C29H25BrN2O5S/c1-18-4-5-19(2)24(12-18)36-11-10-32-28(33)26(38-29(32)34)15-22-13-23(30)27(25(14-22)35-3)37-17-21-8-6-20(16-31)7-9-21/h4-9,12-15H,10-11,17H2,1-3H3/b26-15-. The van der Waals surface area contributed by atoms with Crippen LogP contribution in [0.4, 0.5) is 4.79 Å². The number of imide groups is 1. The van der Waals surface area contributed by atoms with Crippen LogP contribution in [0.15, 0.2) is 64.0 Å². The molecule has 38 heavy (non-hydrogen) atoms. The van der Waals surface area contributed by atoms with Crippen LogP contribution in [-0.4, -0.2) is 36.3 Å². The monoisotopic (exact) mass is 592 g/mol. The van der Waals surface area contributed by atoms with Gasteiger partial charge in [-0.2, -0.15) is 5.26 Å².